The van der Waals surface area contributed by atoms with Gasteiger partial charge in [0.1, 0.15) is 5.00 Å². The van der Waals surface area contributed by atoms with Gasteiger partial charge in [0.15, 0.2) is 17.5 Å². The molecule has 4 aromatic heterocycles. The molecule has 48 heavy (non-hydrogen) atoms. The average molecular weight is 637 g/mol. The number of aliphatic imine (C=N–C) groups is 1. The summed E-state index contributed by atoms with van der Waals surface area (Å²) in [6, 6.07) is 38.9. The maximum Gasteiger partial charge on any atom is 0.164 e. The van der Waals surface area contributed by atoms with Crippen molar-refractivity contribution >= 4 is 50.0 Å². The van der Waals surface area contributed by atoms with Crippen LogP contribution >= 0.6 is 11.3 Å². The van der Waals surface area contributed by atoms with Crippen LogP contribution in [0.25, 0.3) is 83.6 Å². The molecule has 8 rings (SSSR count). The summed E-state index contributed by atoms with van der Waals surface area (Å²) in [4.78, 5) is 28.6. The monoisotopic (exact) mass is 636 g/mol. The van der Waals surface area contributed by atoms with E-state index >= 15 is 0 Å². The molecule has 0 atom stereocenters. The van der Waals surface area contributed by atoms with Crippen LogP contribution in [0.4, 0.5) is 5.00 Å². The fourth-order valence-electron chi connectivity index (χ4n) is 5.91. The number of pyridine rings is 2. The normalized spacial score (nSPS) is 11.4. The molecule has 8 aromatic rings. The Morgan fingerprint density at radius 2 is 1.19 bits per heavy atom. The van der Waals surface area contributed by atoms with Gasteiger partial charge in [0.2, 0.25) is 0 Å². The summed E-state index contributed by atoms with van der Waals surface area (Å²) in [6.07, 6.45) is 7.92. The number of aromatic nitrogens is 5. The van der Waals surface area contributed by atoms with E-state index in [1.165, 1.54) is 0 Å². The highest BCUT2D eigenvalue weighted by Gasteiger charge is 2.15. The quantitative estimate of drug-likeness (QED) is 0.163. The largest absolute Gasteiger partial charge is 0.254 e. The molecule has 0 saturated carbocycles. The fourth-order valence-corrected chi connectivity index (χ4v) is 6.91. The van der Waals surface area contributed by atoms with E-state index < -0.39 is 0 Å². The minimum absolute atomic E-state index is 0.618. The topological polar surface area (TPSA) is 76.8 Å². The maximum atomic E-state index is 4.93. The summed E-state index contributed by atoms with van der Waals surface area (Å²) in [5.74, 6) is 1.89. The lowest BCUT2D eigenvalue weighted by Crippen LogP contribution is -2.00. The second-order valence-electron chi connectivity index (χ2n) is 11.3. The van der Waals surface area contributed by atoms with Crippen molar-refractivity contribution in [3.8, 4) is 56.7 Å². The lowest BCUT2D eigenvalue weighted by molar-refractivity contribution is 1.07. The first-order chi connectivity index (χ1) is 23.7. The van der Waals surface area contributed by atoms with Gasteiger partial charge in [-0.05, 0) is 48.4 Å². The van der Waals surface area contributed by atoms with Crippen molar-refractivity contribution in [2.24, 2.45) is 4.99 Å². The SMILES string of the molecule is C=Nc1sc2cc(-c3cc4cccc(-c5cccc(-c6nc(-c7ccccc7)nc(-c7ccccc7)n6)c5)c4cn3)ncc2c1/C=C\C. The van der Waals surface area contributed by atoms with E-state index in [-0.39, 0.29) is 0 Å². The minimum Gasteiger partial charge on any atom is -0.254 e. The molecule has 0 fully saturated rings. The Hall–Kier alpha value is -6.18. The van der Waals surface area contributed by atoms with Crippen molar-refractivity contribution in [3.05, 3.63) is 139 Å². The number of benzene rings is 4. The van der Waals surface area contributed by atoms with Crippen molar-refractivity contribution < 1.29 is 0 Å². The van der Waals surface area contributed by atoms with Crippen LogP contribution in [-0.4, -0.2) is 31.6 Å². The highest BCUT2D eigenvalue weighted by molar-refractivity contribution is 7.23. The molecule has 0 saturated heterocycles. The molecule has 6 nitrogen and oxygen atoms in total. The molecule has 0 radical (unpaired) electrons. The van der Waals surface area contributed by atoms with Crippen LogP contribution in [0.5, 0.6) is 0 Å². The lowest BCUT2D eigenvalue weighted by Gasteiger charge is -2.11. The molecule has 0 amide bonds. The number of thiophene rings is 1. The van der Waals surface area contributed by atoms with Crippen LogP contribution in [0.15, 0.2) is 139 Å². The predicted molar refractivity (Wildman–Crippen MR) is 199 cm³/mol. The summed E-state index contributed by atoms with van der Waals surface area (Å²) < 4.78 is 1.10. The van der Waals surface area contributed by atoms with Crippen LogP contribution in [0.2, 0.25) is 0 Å². The van der Waals surface area contributed by atoms with Gasteiger partial charge >= 0.3 is 0 Å². The molecule has 0 aliphatic rings. The van der Waals surface area contributed by atoms with Gasteiger partial charge in [-0.15, -0.1) is 11.3 Å². The predicted octanol–water partition coefficient (Wildman–Crippen LogP) is 10.7. The Morgan fingerprint density at radius 3 is 1.85 bits per heavy atom. The Bertz CT molecular complexity index is 2430. The van der Waals surface area contributed by atoms with Crippen LogP contribution in [-0.2, 0) is 0 Å². The third-order valence-corrected chi connectivity index (χ3v) is 9.33. The van der Waals surface area contributed by atoms with E-state index in [9.17, 15) is 0 Å². The van der Waals surface area contributed by atoms with E-state index in [4.69, 9.17) is 24.9 Å². The van der Waals surface area contributed by atoms with Crippen molar-refractivity contribution in [2.45, 2.75) is 6.92 Å². The highest BCUT2D eigenvalue weighted by atomic mass is 32.1. The van der Waals surface area contributed by atoms with Gasteiger partial charge in [-0.3, -0.25) is 15.0 Å². The van der Waals surface area contributed by atoms with Crippen molar-refractivity contribution in [2.75, 3.05) is 0 Å². The van der Waals surface area contributed by atoms with Crippen LogP contribution in [0, 0.1) is 0 Å². The Labute approximate surface area is 281 Å². The zero-order valence-corrected chi connectivity index (χ0v) is 26.9. The smallest absolute Gasteiger partial charge is 0.164 e. The first-order valence-electron chi connectivity index (χ1n) is 15.6. The molecule has 0 aliphatic heterocycles. The van der Waals surface area contributed by atoms with Crippen molar-refractivity contribution in [1.29, 1.82) is 0 Å². The first kappa shape index (κ1) is 29.2. The van der Waals surface area contributed by atoms with Gasteiger partial charge < -0.3 is 0 Å². The molecule has 0 bridgehead atoms. The van der Waals surface area contributed by atoms with Gasteiger partial charge in [0, 0.05) is 50.1 Å². The van der Waals surface area contributed by atoms with E-state index in [0.29, 0.717) is 17.5 Å². The van der Waals surface area contributed by atoms with Crippen molar-refractivity contribution in [1.82, 2.24) is 24.9 Å². The molecular formula is C41H28N6S. The fraction of sp³-hybridized carbons (Fsp3) is 0.0244. The molecule has 4 aromatic carbocycles. The van der Waals surface area contributed by atoms with Gasteiger partial charge in [-0.2, -0.15) is 0 Å². The molecule has 7 heteroatoms. The average Bonchev–Trinajstić information content (AvgIpc) is 3.51. The molecule has 0 aliphatic carbocycles. The summed E-state index contributed by atoms with van der Waals surface area (Å²) in [5.41, 5.74) is 7.60. The van der Waals surface area contributed by atoms with E-state index in [0.717, 1.165) is 70.6 Å². The zero-order valence-electron chi connectivity index (χ0n) is 26.1. The van der Waals surface area contributed by atoms with Gasteiger partial charge in [0.05, 0.1) is 11.4 Å². The Kier molecular flexibility index (Phi) is 7.64. The number of hydrogen-bond acceptors (Lipinski definition) is 7. The highest BCUT2D eigenvalue weighted by Crippen LogP contribution is 2.40. The summed E-state index contributed by atoms with van der Waals surface area (Å²) >= 11 is 1.61. The standard InChI is InChI=1S/C41H28N6S/c1-3-12-32-34-25-44-36(23-37(34)48-41(32)42-2)35-22-29-18-11-20-31(33(29)24-43-35)28-17-10-19-30(21-28)40-46-38(26-13-6-4-7-14-26)45-39(47-40)27-15-8-5-9-16-27/h3-25H,2H2,1H3/b12-3-. The van der Waals surface area contributed by atoms with Crippen LogP contribution in [0.3, 0.4) is 0 Å². The van der Waals surface area contributed by atoms with E-state index in [1.807, 2.05) is 98.2 Å². The number of rotatable bonds is 7. The summed E-state index contributed by atoms with van der Waals surface area (Å²) in [7, 11) is 0. The number of nitrogens with zero attached hydrogens (tertiary/aromatic N) is 6. The van der Waals surface area contributed by atoms with Gasteiger partial charge in [-0.1, -0.05) is 109 Å². The van der Waals surface area contributed by atoms with Crippen LogP contribution in [0.1, 0.15) is 12.5 Å². The molecule has 0 N–H and O–H groups in total. The molecule has 228 valence electrons. The van der Waals surface area contributed by atoms with Crippen LogP contribution < -0.4 is 0 Å². The number of allylic oxidation sites excluding steroid dienone is 1. The Balaban J connectivity index is 1.19. The molecular weight excluding hydrogens is 609 g/mol. The molecule has 4 heterocycles. The summed E-state index contributed by atoms with van der Waals surface area (Å²) in [6.45, 7) is 5.75. The van der Waals surface area contributed by atoms with E-state index in [2.05, 4.69) is 60.3 Å². The zero-order chi connectivity index (χ0) is 32.5. The first-order valence-corrected chi connectivity index (χ1v) is 16.4. The number of fused-ring (bicyclic) bond motifs is 2. The second kappa shape index (κ2) is 12.5. The second-order valence-corrected chi connectivity index (χ2v) is 12.3. The Morgan fingerprint density at radius 1 is 0.604 bits per heavy atom. The summed E-state index contributed by atoms with van der Waals surface area (Å²) in [5, 5.41) is 4.09. The van der Waals surface area contributed by atoms with Gasteiger partial charge in [0.25, 0.3) is 0 Å². The van der Waals surface area contributed by atoms with Crippen molar-refractivity contribution in [3.63, 3.8) is 0 Å². The maximum absolute atomic E-state index is 4.93. The van der Waals surface area contributed by atoms with E-state index in [1.54, 1.807) is 11.3 Å². The van der Waals surface area contributed by atoms with Gasteiger partial charge in [-0.25, -0.2) is 15.0 Å². The number of hydrogen-bond donors (Lipinski definition) is 0. The third kappa shape index (κ3) is 5.46. The molecule has 0 unspecified atom stereocenters. The molecule has 0 spiro atoms. The minimum atomic E-state index is 0.618. The third-order valence-electron chi connectivity index (χ3n) is 8.23. The lowest BCUT2D eigenvalue weighted by atomic mass is 9.97.